The maximum Gasteiger partial charge on any atom is 0.188 e. The van der Waals surface area contributed by atoms with E-state index in [-0.39, 0.29) is 11.9 Å². The number of nitrogens with two attached hydrogens (primary N) is 1. The van der Waals surface area contributed by atoms with Crippen LogP contribution in [0.5, 0.6) is 5.75 Å². The van der Waals surface area contributed by atoms with Gasteiger partial charge in [-0.1, -0.05) is 35.5 Å². The van der Waals surface area contributed by atoms with Crippen molar-refractivity contribution >= 4 is 5.84 Å². The number of ether oxygens (including phenoxy) is 1. The van der Waals surface area contributed by atoms with Crippen LogP contribution in [0.3, 0.4) is 0 Å². The average molecular weight is 257 g/mol. The van der Waals surface area contributed by atoms with Gasteiger partial charge in [0, 0.05) is 0 Å². The Balaban J connectivity index is 2.08. The van der Waals surface area contributed by atoms with E-state index in [9.17, 15) is 0 Å². The Morgan fingerprint density at radius 3 is 2.58 bits per heavy atom. The third-order valence-corrected chi connectivity index (χ3v) is 2.69. The summed E-state index contributed by atoms with van der Waals surface area (Å²) in [6, 6.07) is 13.3. The zero-order valence-electron chi connectivity index (χ0n) is 10.5. The molecule has 0 fully saturated rings. The Morgan fingerprint density at radius 1 is 1.26 bits per heavy atom. The van der Waals surface area contributed by atoms with Crippen molar-refractivity contribution in [3.63, 3.8) is 0 Å². The number of benzene rings is 1. The van der Waals surface area contributed by atoms with Crippen LogP contribution in [-0.2, 0) is 0 Å². The van der Waals surface area contributed by atoms with Crippen molar-refractivity contribution in [3.8, 4) is 5.75 Å². The Kier molecular flexibility index (Phi) is 3.97. The number of hydrogen-bond donors (Lipinski definition) is 2. The first-order valence-corrected chi connectivity index (χ1v) is 5.86. The lowest BCUT2D eigenvalue weighted by Crippen LogP contribution is -2.14. The minimum absolute atomic E-state index is 0.0253. The van der Waals surface area contributed by atoms with Gasteiger partial charge in [0.1, 0.15) is 17.5 Å². The second kappa shape index (κ2) is 5.86. The lowest BCUT2D eigenvalue weighted by molar-refractivity contribution is 0.226. The fraction of sp³-hybridized carbons (Fsp3) is 0.143. The fourth-order valence-electron chi connectivity index (χ4n) is 1.65. The largest absolute Gasteiger partial charge is 0.484 e. The molecule has 0 bridgehead atoms. The summed E-state index contributed by atoms with van der Waals surface area (Å²) >= 11 is 0. The SMILES string of the molecule is CC(Oc1ccc(/C(N)=N/O)nc1)c1ccccc1. The number of nitrogens with zero attached hydrogens (tertiary/aromatic N) is 2. The van der Waals surface area contributed by atoms with Gasteiger partial charge in [-0.05, 0) is 24.6 Å². The maximum absolute atomic E-state index is 8.54. The standard InChI is InChI=1S/C14H15N3O2/c1-10(11-5-3-2-4-6-11)19-12-7-8-13(16-9-12)14(15)17-18/h2-10,18H,1H3,(H2,15,17). The first-order chi connectivity index (χ1) is 9.20. The molecule has 3 N–H and O–H groups in total. The van der Waals surface area contributed by atoms with Crippen LogP contribution < -0.4 is 10.5 Å². The molecule has 0 aliphatic heterocycles. The molecule has 0 radical (unpaired) electrons. The molecule has 1 unspecified atom stereocenters. The number of aromatic nitrogens is 1. The van der Waals surface area contributed by atoms with Crippen molar-refractivity contribution < 1.29 is 9.94 Å². The zero-order valence-corrected chi connectivity index (χ0v) is 10.5. The summed E-state index contributed by atoms with van der Waals surface area (Å²) in [6.45, 7) is 1.97. The van der Waals surface area contributed by atoms with Crippen molar-refractivity contribution in [1.29, 1.82) is 0 Å². The first-order valence-electron chi connectivity index (χ1n) is 5.86. The maximum atomic E-state index is 8.54. The van der Waals surface area contributed by atoms with Crippen molar-refractivity contribution in [2.75, 3.05) is 0 Å². The van der Waals surface area contributed by atoms with Crippen molar-refractivity contribution in [3.05, 3.63) is 59.9 Å². The Morgan fingerprint density at radius 2 is 2.00 bits per heavy atom. The highest BCUT2D eigenvalue weighted by Gasteiger charge is 2.07. The van der Waals surface area contributed by atoms with E-state index in [2.05, 4.69) is 10.1 Å². The van der Waals surface area contributed by atoms with Gasteiger partial charge in [0.15, 0.2) is 5.84 Å². The Hall–Kier alpha value is -2.56. The Bertz CT molecular complexity index is 553. The summed E-state index contributed by atoms with van der Waals surface area (Å²) in [4.78, 5) is 4.06. The lowest BCUT2D eigenvalue weighted by Gasteiger charge is -2.14. The second-order valence-electron chi connectivity index (χ2n) is 4.04. The highest BCUT2D eigenvalue weighted by atomic mass is 16.5. The van der Waals surface area contributed by atoms with Crippen LogP contribution in [-0.4, -0.2) is 16.0 Å². The summed E-state index contributed by atoms with van der Waals surface area (Å²) in [5.74, 6) is 0.605. The van der Waals surface area contributed by atoms with Gasteiger partial charge in [0.2, 0.25) is 0 Å². The molecule has 0 amide bonds. The average Bonchev–Trinajstić information content (AvgIpc) is 2.48. The number of rotatable bonds is 4. The van der Waals surface area contributed by atoms with Crippen molar-refractivity contribution in [2.24, 2.45) is 10.9 Å². The van der Waals surface area contributed by atoms with Gasteiger partial charge in [-0.3, -0.25) is 0 Å². The van der Waals surface area contributed by atoms with Crippen LogP contribution in [0.25, 0.3) is 0 Å². The Labute approximate surface area is 111 Å². The summed E-state index contributed by atoms with van der Waals surface area (Å²) in [7, 11) is 0. The van der Waals surface area contributed by atoms with Crippen LogP contribution >= 0.6 is 0 Å². The van der Waals surface area contributed by atoms with E-state index in [0.717, 1.165) is 5.56 Å². The third kappa shape index (κ3) is 3.22. The van der Waals surface area contributed by atoms with Gasteiger partial charge >= 0.3 is 0 Å². The molecular formula is C14H15N3O2. The highest BCUT2D eigenvalue weighted by Crippen LogP contribution is 2.20. The lowest BCUT2D eigenvalue weighted by atomic mass is 10.1. The monoisotopic (exact) mass is 257 g/mol. The number of hydrogen-bond acceptors (Lipinski definition) is 4. The summed E-state index contributed by atoms with van der Waals surface area (Å²) in [5, 5.41) is 11.4. The predicted octanol–water partition coefficient (Wildman–Crippen LogP) is 2.32. The zero-order chi connectivity index (χ0) is 13.7. The van der Waals surface area contributed by atoms with Crippen molar-refractivity contribution in [1.82, 2.24) is 4.98 Å². The molecular weight excluding hydrogens is 242 g/mol. The van der Waals surface area contributed by atoms with Gasteiger partial charge in [-0.25, -0.2) is 4.98 Å². The quantitative estimate of drug-likeness (QED) is 0.381. The fourth-order valence-corrected chi connectivity index (χ4v) is 1.65. The van der Waals surface area contributed by atoms with E-state index in [0.29, 0.717) is 11.4 Å². The molecule has 5 nitrogen and oxygen atoms in total. The van der Waals surface area contributed by atoms with Gasteiger partial charge < -0.3 is 15.7 Å². The molecule has 0 saturated heterocycles. The third-order valence-electron chi connectivity index (χ3n) is 2.69. The molecule has 5 heteroatoms. The van der Waals surface area contributed by atoms with E-state index in [1.807, 2.05) is 37.3 Å². The number of amidine groups is 1. The van der Waals surface area contributed by atoms with Gasteiger partial charge in [-0.15, -0.1) is 0 Å². The van der Waals surface area contributed by atoms with Crippen LogP contribution in [0, 0.1) is 0 Å². The minimum atomic E-state index is -0.0716. The number of oxime groups is 1. The molecule has 1 aromatic heterocycles. The van der Waals surface area contributed by atoms with E-state index in [1.165, 1.54) is 0 Å². The summed E-state index contributed by atoms with van der Waals surface area (Å²) in [5.41, 5.74) is 6.92. The van der Waals surface area contributed by atoms with Gasteiger partial charge in [0.05, 0.1) is 6.20 Å². The van der Waals surface area contributed by atoms with E-state index >= 15 is 0 Å². The normalized spacial score (nSPS) is 13.0. The van der Waals surface area contributed by atoms with E-state index in [4.69, 9.17) is 15.7 Å². The van der Waals surface area contributed by atoms with E-state index < -0.39 is 0 Å². The summed E-state index contributed by atoms with van der Waals surface area (Å²) in [6.07, 6.45) is 1.48. The van der Waals surface area contributed by atoms with Crippen LogP contribution in [0.1, 0.15) is 24.3 Å². The molecule has 2 rings (SSSR count). The minimum Gasteiger partial charge on any atom is -0.484 e. The molecule has 2 aromatic rings. The number of pyridine rings is 1. The molecule has 1 atom stereocenters. The van der Waals surface area contributed by atoms with E-state index in [1.54, 1.807) is 18.3 Å². The molecule has 0 aliphatic carbocycles. The van der Waals surface area contributed by atoms with Crippen LogP contribution in [0.2, 0.25) is 0 Å². The molecule has 1 aromatic carbocycles. The summed E-state index contributed by atoms with van der Waals surface area (Å²) < 4.78 is 5.76. The molecule has 0 aliphatic rings. The first kappa shape index (κ1) is 12.9. The highest BCUT2D eigenvalue weighted by molar-refractivity contribution is 5.95. The van der Waals surface area contributed by atoms with Gasteiger partial charge in [-0.2, -0.15) is 0 Å². The van der Waals surface area contributed by atoms with Crippen LogP contribution in [0.15, 0.2) is 53.8 Å². The molecule has 0 saturated carbocycles. The van der Waals surface area contributed by atoms with Gasteiger partial charge in [0.25, 0.3) is 0 Å². The predicted molar refractivity (Wildman–Crippen MR) is 72.2 cm³/mol. The molecule has 98 valence electrons. The van der Waals surface area contributed by atoms with Crippen LogP contribution in [0.4, 0.5) is 0 Å². The van der Waals surface area contributed by atoms with Crippen molar-refractivity contribution in [2.45, 2.75) is 13.0 Å². The molecule has 19 heavy (non-hydrogen) atoms. The molecule has 1 heterocycles. The second-order valence-corrected chi connectivity index (χ2v) is 4.04. The topological polar surface area (TPSA) is 80.7 Å². The smallest absolute Gasteiger partial charge is 0.188 e. The molecule has 0 spiro atoms.